The largest absolute Gasteiger partial charge is 0.413 e. The van der Waals surface area contributed by atoms with Gasteiger partial charge in [0.15, 0.2) is 0 Å². The van der Waals surface area contributed by atoms with Gasteiger partial charge in [-0.05, 0) is 49.7 Å². The van der Waals surface area contributed by atoms with Gasteiger partial charge in [0.05, 0.1) is 12.6 Å². The predicted octanol–water partition coefficient (Wildman–Crippen LogP) is 3.76. The molecule has 1 unspecified atom stereocenters. The molecule has 0 amide bonds. The van der Waals surface area contributed by atoms with Crippen molar-refractivity contribution >= 4 is 12.2 Å². The standard InChI is InChI=1S/C20H30N4OS/c1-15(2)13-17-5-7-18(8-6-17)16(3)19-21-24(20(26)25-19)14-23-11-9-22(4)10-12-23/h5-8,15-16H,9-14H2,1-4H3. The molecule has 0 spiro atoms. The van der Waals surface area contributed by atoms with E-state index in [1.165, 1.54) is 11.1 Å². The molecule has 142 valence electrons. The summed E-state index contributed by atoms with van der Waals surface area (Å²) < 4.78 is 7.64. The molecule has 1 aromatic heterocycles. The Balaban J connectivity index is 1.68. The molecule has 0 radical (unpaired) electrons. The van der Waals surface area contributed by atoms with Crippen LogP contribution in [0.5, 0.6) is 0 Å². The van der Waals surface area contributed by atoms with Crippen molar-refractivity contribution in [3.05, 3.63) is 46.1 Å². The topological polar surface area (TPSA) is 37.4 Å². The summed E-state index contributed by atoms with van der Waals surface area (Å²) in [4.78, 5) is 5.17. The van der Waals surface area contributed by atoms with Gasteiger partial charge in [-0.2, -0.15) is 0 Å². The first-order chi connectivity index (χ1) is 12.4. The first-order valence-electron chi connectivity index (χ1n) is 9.50. The van der Waals surface area contributed by atoms with Crippen LogP contribution in [0.1, 0.15) is 43.7 Å². The zero-order valence-electron chi connectivity index (χ0n) is 16.3. The molecule has 1 aliphatic heterocycles. The van der Waals surface area contributed by atoms with Gasteiger partial charge >= 0.3 is 0 Å². The molecule has 2 aromatic rings. The number of nitrogens with zero attached hydrogens (tertiary/aromatic N) is 4. The maximum atomic E-state index is 5.82. The van der Waals surface area contributed by atoms with E-state index in [2.05, 4.69) is 67.0 Å². The molecule has 1 aliphatic rings. The summed E-state index contributed by atoms with van der Waals surface area (Å²) in [7, 11) is 2.16. The van der Waals surface area contributed by atoms with Crippen LogP contribution in [-0.4, -0.2) is 52.8 Å². The minimum absolute atomic E-state index is 0.0959. The molecule has 26 heavy (non-hydrogen) atoms. The van der Waals surface area contributed by atoms with E-state index in [-0.39, 0.29) is 5.92 Å². The molecule has 0 N–H and O–H groups in total. The van der Waals surface area contributed by atoms with Gasteiger partial charge in [0.25, 0.3) is 4.84 Å². The van der Waals surface area contributed by atoms with Crippen LogP contribution < -0.4 is 0 Å². The summed E-state index contributed by atoms with van der Waals surface area (Å²) in [5, 5.41) is 4.66. The fraction of sp³-hybridized carbons (Fsp3) is 0.600. The molecule has 1 saturated heterocycles. The zero-order valence-corrected chi connectivity index (χ0v) is 17.1. The van der Waals surface area contributed by atoms with E-state index in [9.17, 15) is 0 Å². The van der Waals surface area contributed by atoms with Crippen molar-refractivity contribution in [2.45, 2.75) is 39.8 Å². The quantitative estimate of drug-likeness (QED) is 0.720. The lowest BCUT2D eigenvalue weighted by molar-refractivity contribution is 0.118. The summed E-state index contributed by atoms with van der Waals surface area (Å²) in [6, 6.07) is 8.78. The van der Waals surface area contributed by atoms with Gasteiger partial charge in [-0.1, -0.05) is 38.1 Å². The van der Waals surface area contributed by atoms with Crippen molar-refractivity contribution < 1.29 is 4.42 Å². The number of benzene rings is 1. The first kappa shape index (κ1) is 19.3. The average Bonchev–Trinajstić information content (AvgIpc) is 2.97. The van der Waals surface area contributed by atoms with Crippen molar-refractivity contribution in [1.29, 1.82) is 0 Å². The molecule has 1 atom stereocenters. The Hall–Kier alpha value is -1.50. The molecular weight excluding hydrogens is 344 g/mol. The minimum atomic E-state index is 0.0959. The van der Waals surface area contributed by atoms with E-state index in [0.717, 1.165) is 32.6 Å². The highest BCUT2D eigenvalue weighted by atomic mass is 32.1. The molecule has 3 rings (SSSR count). The van der Waals surface area contributed by atoms with E-state index in [4.69, 9.17) is 16.6 Å². The van der Waals surface area contributed by atoms with Crippen LogP contribution in [0.4, 0.5) is 0 Å². The highest BCUT2D eigenvalue weighted by Crippen LogP contribution is 2.24. The SMILES string of the molecule is CC(C)Cc1ccc(C(C)c2nn(CN3CCN(C)CC3)c(=S)o2)cc1. The summed E-state index contributed by atoms with van der Waals surface area (Å²) in [6.07, 6.45) is 1.11. The minimum Gasteiger partial charge on any atom is -0.413 e. The van der Waals surface area contributed by atoms with Crippen LogP contribution in [0, 0.1) is 10.8 Å². The first-order valence-corrected chi connectivity index (χ1v) is 9.90. The summed E-state index contributed by atoms with van der Waals surface area (Å²) in [6.45, 7) is 11.5. The van der Waals surface area contributed by atoms with Crippen LogP contribution >= 0.6 is 12.2 Å². The van der Waals surface area contributed by atoms with E-state index in [0.29, 0.717) is 23.3 Å². The number of piperazine rings is 1. The molecule has 0 aliphatic carbocycles. The Kier molecular flexibility index (Phi) is 6.27. The highest BCUT2D eigenvalue weighted by Gasteiger charge is 2.19. The Morgan fingerprint density at radius 1 is 1.08 bits per heavy atom. The molecule has 1 fully saturated rings. The van der Waals surface area contributed by atoms with Crippen LogP contribution in [0.25, 0.3) is 0 Å². The number of rotatable bonds is 6. The van der Waals surface area contributed by atoms with Crippen LogP contribution in [-0.2, 0) is 13.1 Å². The third kappa shape index (κ3) is 4.81. The van der Waals surface area contributed by atoms with Crippen LogP contribution in [0.2, 0.25) is 0 Å². The van der Waals surface area contributed by atoms with Crippen molar-refractivity contribution in [3.8, 4) is 0 Å². The maximum Gasteiger partial charge on any atom is 0.288 e. The van der Waals surface area contributed by atoms with Crippen LogP contribution in [0.15, 0.2) is 28.7 Å². The van der Waals surface area contributed by atoms with Gasteiger partial charge in [-0.3, -0.25) is 4.90 Å². The Bertz CT molecular complexity index is 757. The van der Waals surface area contributed by atoms with Gasteiger partial charge in [0.1, 0.15) is 0 Å². The lowest BCUT2D eigenvalue weighted by Crippen LogP contribution is -2.45. The number of likely N-dealkylation sites (N-methyl/N-ethyl adjacent to an activating group) is 1. The number of aromatic nitrogens is 2. The third-order valence-electron chi connectivity index (χ3n) is 5.05. The van der Waals surface area contributed by atoms with Crippen molar-refractivity contribution in [1.82, 2.24) is 19.6 Å². The third-order valence-corrected chi connectivity index (χ3v) is 5.34. The van der Waals surface area contributed by atoms with Gasteiger partial charge in [-0.25, -0.2) is 4.68 Å². The van der Waals surface area contributed by atoms with E-state index in [1.807, 2.05) is 4.68 Å². The Morgan fingerprint density at radius 2 is 1.73 bits per heavy atom. The molecule has 0 saturated carbocycles. The average molecular weight is 375 g/mol. The molecule has 1 aromatic carbocycles. The zero-order chi connectivity index (χ0) is 18.7. The van der Waals surface area contributed by atoms with Gasteiger partial charge in [-0.15, -0.1) is 5.10 Å². The monoisotopic (exact) mass is 374 g/mol. The fourth-order valence-corrected chi connectivity index (χ4v) is 3.51. The Labute approximate surface area is 161 Å². The lowest BCUT2D eigenvalue weighted by atomic mass is 9.97. The van der Waals surface area contributed by atoms with E-state index >= 15 is 0 Å². The van der Waals surface area contributed by atoms with Crippen molar-refractivity contribution in [2.24, 2.45) is 5.92 Å². The van der Waals surface area contributed by atoms with Gasteiger partial charge in [0, 0.05) is 26.2 Å². The predicted molar refractivity (Wildman–Crippen MR) is 107 cm³/mol. The maximum absolute atomic E-state index is 5.82. The number of hydrogen-bond acceptors (Lipinski definition) is 5. The summed E-state index contributed by atoms with van der Waals surface area (Å²) in [5.74, 6) is 1.46. The number of hydrogen-bond donors (Lipinski definition) is 0. The van der Waals surface area contributed by atoms with E-state index < -0.39 is 0 Å². The fourth-order valence-electron chi connectivity index (χ4n) is 3.32. The molecule has 6 heteroatoms. The second-order valence-corrected chi connectivity index (χ2v) is 8.18. The molecule has 5 nitrogen and oxygen atoms in total. The van der Waals surface area contributed by atoms with E-state index in [1.54, 1.807) is 0 Å². The molecule has 0 bridgehead atoms. The Morgan fingerprint density at radius 3 is 2.35 bits per heavy atom. The van der Waals surface area contributed by atoms with Gasteiger partial charge in [0.2, 0.25) is 5.89 Å². The molecule has 2 heterocycles. The van der Waals surface area contributed by atoms with Crippen molar-refractivity contribution in [3.63, 3.8) is 0 Å². The highest BCUT2D eigenvalue weighted by molar-refractivity contribution is 7.71. The second kappa shape index (κ2) is 8.46. The second-order valence-electron chi connectivity index (χ2n) is 7.83. The van der Waals surface area contributed by atoms with Gasteiger partial charge < -0.3 is 9.32 Å². The lowest BCUT2D eigenvalue weighted by Gasteiger charge is -2.31. The normalized spacial score (nSPS) is 17.7. The smallest absolute Gasteiger partial charge is 0.288 e. The summed E-state index contributed by atoms with van der Waals surface area (Å²) >= 11 is 5.40. The molecular formula is C20H30N4OS. The summed E-state index contributed by atoms with van der Waals surface area (Å²) in [5.41, 5.74) is 2.58. The van der Waals surface area contributed by atoms with Crippen LogP contribution in [0.3, 0.4) is 0 Å². The van der Waals surface area contributed by atoms with Crippen molar-refractivity contribution in [2.75, 3.05) is 33.2 Å².